The van der Waals surface area contributed by atoms with Crippen LogP contribution in [0.15, 0.2) is 30.6 Å². The minimum atomic E-state index is -0.293. The highest BCUT2D eigenvalue weighted by Crippen LogP contribution is 2.06. The van der Waals surface area contributed by atoms with Crippen molar-refractivity contribution >= 4 is 5.78 Å². The van der Waals surface area contributed by atoms with E-state index in [0.717, 1.165) is 18.5 Å². The molecule has 0 amide bonds. The molecule has 1 aromatic carbocycles. The Morgan fingerprint density at radius 1 is 1.26 bits per heavy atom. The van der Waals surface area contributed by atoms with Gasteiger partial charge in [0, 0.05) is 13.0 Å². The van der Waals surface area contributed by atoms with Gasteiger partial charge in [0.2, 0.25) is 0 Å². The van der Waals surface area contributed by atoms with Gasteiger partial charge < -0.3 is 0 Å². The Morgan fingerprint density at radius 3 is 2.68 bits per heavy atom. The Kier molecular flexibility index (Phi) is 4.39. The number of carbonyl (C=O) groups is 1. The van der Waals surface area contributed by atoms with Gasteiger partial charge in [-0.25, -0.2) is 14.1 Å². The first-order valence-electron chi connectivity index (χ1n) is 6.32. The van der Waals surface area contributed by atoms with Crippen LogP contribution in [-0.4, -0.2) is 20.5 Å². The van der Waals surface area contributed by atoms with E-state index in [0.29, 0.717) is 12.2 Å². The third-order valence-corrected chi connectivity index (χ3v) is 2.80. The Morgan fingerprint density at radius 2 is 2.00 bits per heavy atom. The lowest BCUT2D eigenvalue weighted by molar-refractivity contribution is -0.117. The number of benzene rings is 1. The van der Waals surface area contributed by atoms with E-state index < -0.39 is 0 Å². The number of aromatic nitrogens is 3. The van der Waals surface area contributed by atoms with Crippen LogP contribution in [0.1, 0.15) is 24.7 Å². The van der Waals surface area contributed by atoms with Crippen LogP contribution >= 0.6 is 0 Å². The molecule has 0 unspecified atom stereocenters. The quantitative estimate of drug-likeness (QED) is 0.800. The zero-order chi connectivity index (χ0) is 13.7. The molecule has 0 saturated heterocycles. The second kappa shape index (κ2) is 6.22. The van der Waals surface area contributed by atoms with Crippen LogP contribution in [0.5, 0.6) is 0 Å². The zero-order valence-electron chi connectivity index (χ0n) is 10.8. The molecule has 2 rings (SSSR count). The summed E-state index contributed by atoms with van der Waals surface area (Å²) < 4.78 is 14.5. The molecule has 0 bridgehead atoms. The summed E-state index contributed by atoms with van der Waals surface area (Å²) in [5.41, 5.74) is 0.813. The fourth-order valence-electron chi connectivity index (χ4n) is 1.89. The van der Waals surface area contributed by atoms with Crippen molar-refractivity contribution in [3.63, 3.8) is 0 Å². The van der Waals surface area contributed by atoms with E-state index in [4.69, 9.17) is 0 Å². The van der Waals surface area contributed by atoms with Gasteiger partial charge in [0.25, 0.3) is 0 Å². The van der Waals surface area contributed by atoms with Crippen molar-refractivity contribution in [1.29, 1.82) is 0 Å². The standard InChI is InChI=1S/C14H16FN3O/c1-2-7-18-14(16-10-17-18)9-13(19)8-11-3-5-12(15)6-4-11/h3-6,10H,2,7-9H2,1H3. The van der Waals surface area contributed by atoms with Crippen molar-refractivity contribution in [3.05, 3.63) is 47.8 Å². The molecule has 0 aliphatic rings. The Labute approximate surface area is 111 Å². The summed E-state index contributed by atoms with van der Waals surface area (Å²) in [6.07, 6.45) is 2.97. The highest BCUT2D eigenvalue weighted by Gasteiger charge is 2.10. The summed E-state index contributed by atoms with van der Waals surface area (Å²) in [5.74, 6) is 0.449. The van der Waals surface area contributed by atoms with Crippen LogP contribution in [0.3, 0.4) is 0 Å². The number of ketones is 1. The van der Waals surface area contributed by atoms with Crippen LogP contribution in [0.4, 0.5) is 4.39 Å². The number of hydrogen-bond acceptors (Lipinski definition) is 3. The molecule has 19 heavy (non-hydrogen) atoms. The number of carbonyl (C=O) groups excluding carboxylic acids is 1. The molecule has 0 spiro atoms. The minimum absolute atomic E-state index is 0.0527. The van der Waals surface area contributed by atoms with Gasteiger partial charge in [-0.2, -0.15) is 5.10 Å². The average molecular weight is 261 g/mol. The van der Waals surface area contributed by atoms with Gasteiger partial charge >= 0.3 is 0 Å². The minimum Gasteiger partial charge on any atom is -0.299 e. The van der Waals surface area contributed by atoms with E-state index in [1.165, 1.54) is 18.5 Å². The second-order valence-electron chi connectivity index (χ2n) is 4.42. The number of aryl methyl sites for hydroxylation is 1. The number of rotatable bonds is 6. The molecule has 100 valence electrons. The molecule has 2 aromatic rings. The van der Waals surface area contributed by atoms with Crippen LogP contribution in [-0.2, 0) is 24.2 Å². The van der Waals surface area contributed by atoms with E-state index >= 15 is 0 Å². The molecular formula is C14H16FN3O. The molecule has 0 aliphatic carbocycles. The van der Waals surface area contributed by atoms with Gasteiger partial charge in [0.05, 0.1) is 6.42 Å². The van der Waals surface area contributed by atoms with Crippen molar-refractivity contribution in [2.24, 2.45) is 0 Å². The maximum Gasteiger partial charge on any atom is 0.144 e. The average Bonchev–Trinajstić information content (AvgIpc) is 2.80. The lowest BCUT2D eigenvalue weighted by Gasteiger charge is -2.04. The van der Waals surface area contributed by atoms with Crippen molar-refractivity contribution < 1.29 is 9.18 Å². The number of halogens is 1. The predicted molar refractivity (Wildman–Crippen MR) is 69.1 cm³/mol. The molecule has 4 nitrogen and oxygen atoms in total. The normalized spacial score (nSPS) is 10.6. The summed E-state index contributed by atoms with van der Waals surface area (Å²) in [6, 6.07) is 5.98. The topological polar surface area (TPSA) is 47.8 Å². The van der Waals surface area contributed by atoms with E-state index in [1.807, 2.05) is 6.92 Å². The Balaban J connectivity index is 1.97. The first-order chi connectivity index (χ1) is 9.19. The lowest BCUT2D eigenvalue weighted by atomic mass is 10.1. The first kappa shape index (κ1) is 13.4. The van der Waals surface area contributed by atoms with Crippen LogP contribution < -0.4 is 0 Å². The smallest absolute Gasteiger partial charge is 0.144 e. The molecule has 1 aromatic heterocycles. The summed E-state index contributed by atoms with van der Waals surface area (Å²) in [4.78, 5) is 16.0. The molecule has 0 fully saturated rings. The van der Waals surface area contributed by atoms with Gasteiger partial charge in [-0.3, -0.25) is 4.79 Å². The fourth-order valence-corrected chi connectivity index (χ4v) is 1.89. The number of hydrogen-bond donors (Lipinski definition) is 0. The van der Waals surface area contributed by atoms with Crippen molar-refractivity contribution in [2.45, 2.75) is 32.7 Å². The van der Waals surface area contributed by atoms with Crippen LogP contribution in [0.2, 0.25) is 0 Å². The van der Waals surface area contributed by atoms with E-state index in [2.05, 4.69) is 10.1 Å². The summed E-state index contributed by atoms with van der Waals surface area (Å²) in [6.45, 7) is 2.81. The first-order valence-corrected chi connectivity index (χ1v) is 6.32. The van der Waals surface area contributed by atoms with Gasteiger partial charge in [-0.1, -0.05) is 19.1 Å². The zero-order valence-corrected chi connectivity index (χ0v) is 10.8. The number of Topliss-reactive ketones (excluding diaryl/α,β-unsaturated/α-hetero) is 1. The number of nitrogens with zero attached hydrogens (tertiary/aromatic N) is 3. The predicted octanol–water partition coefficient (Wildman–Crippen LogP) is 2.18. The Hall–Kier alpha value is -2.04. The van der Waals surface area contributed by atoms with Gasteiger partial charge in [0.1, 0.15) is 23.8 Å². The molecule has 0 aliphatic heterocycles. The van der Waals surface area contributed by atoms with Crippen molar-refractivity contribution in [3.8, 4) is 0 Å². The lowest BCUT2D eigenvalue weighted by Crippen LogP contribution is -2.13. The van der Waals surface area contributed by atoms with E-state index in [1.54, 1.807) is 16.8 Å². The van der Waals surface area contributed by atoms with Crippen molar-refractivity contribution in [1.82, 2.24) is 14.8 Å². The molecule has 0 N–H and O–H groups in total. The SMILES string of the molecule is CCCn1ncnc1CC(=O)Cc1ccc(F)cc1. The largest absolute Gasteiger partial charge is 0.299 e. The third-order valence-electron chi connectivity index (χ3n) is 2.80. The molecule has 0 radical (unpaired) electrons. The highest BCUT2D eigenvalue weighted by molar-refractivity contribution is 5.82. The molecule has 5 heteroatoms. The third kappa shape index (κ3) is 3.71. The molecule has 1 heterocycles. The highest BCUT2D eigenvalue weighted by atomic mass is 19.1. The molecule has 0 saturated carbocycles. The maximum atomic E-state index is 12.8. The molecular weight excluding hydrogens is 245 g/mol. The summed E-state index contributed by atoms with van der Waals surface area (Å²) in [5, 5.41) is 4.08. The monoisotopic (exact) mass is 261 g/mol. The maximum absolute atomic E-state index is 12.8. The summed E-state index contributed by atoms with van der Waals surface area (Å²) in [7, 11) is 0. The van der Waals surface area contributed by atoms with Gasteiger partial charge in [-0.15, -0.1) is 0 Å². The van der Waals surface area contributed by atoms with E-state index in [-0.39, 0.29) is 18.0 Å². The Bertz CT molecular complexity index is 548. The van der Waals surface area contributed by atoms with Crippen molar-refractivity contribution in [2.75, 3.05) is 0 Å². The molecule has 0 atom stereocenters. The van der Waals surface area contributed by atoms with Gasteiger partial charge in [-0.05, 0) is 24.1 Å². The van der Waals surface area contributed by atoms with Crippen LogP contribution in [0, 0.1) is 5.82 Å². The van der Waals surface area contributed by atoms with Gasteiger partial charge in [0.15, 0.2) is 0 Å². The fraction of sp³-hybridized carbons (Fsp3) is 0.357. The van der Waals surface area contributed by atoms with Crippen LogP contribution in [0.25, 0.3) is 0 Å². The second-order valence-corrected chi connectivity index (χ2v) is 4.42. The van der Waals surface area contributed by atoms with E-state index in [9.17, 15) is 9.18 Å². The summed E-state index contributed by atoms with van der Waals surface area (Å²) >= 11 is 0.